The van der Waals surface area contributed by atoms with Crippen LogP contribution in [-0.2, 0) is 0 Å². The quantitative estimate of drug-likeness (QED) is 0.823. The molecule has 1 heterocycles. The Hall–Kier alpha value is -1.09. The number of aliphatic hydroxyl groups is 1. The molecular weight excluding hydrogens is 200 g/mol. The van der Waals surface area contributed by atoms with Crippen molar-refractivity contribution in [3.63, 3.8) is 0 Å². The van der Waals surface area contributed by atoms with Crippen LogP contribution in [0.2, 0.25) is 0 Å². The van der Waals surface area contributed by atoms with Gasteiger partial charge in [-0.1, -0.05) is 20.8 Å². The monoisotopic (exact) mass is 222 g/mol. The van der Waals surface area contributed by atoms with Crippen molar-refractivity contribution in [3.05, 3.63) is 24.0 Å². The molecule has 0 aliphatic rings. The van der Waals surface area contributed by atoms with E-state index in [0.29, 0.717) is 0 Å². The summed E-state index contributed by atoms with van der Waals surface area (Å²) >= 11 is 0. The van der Waals surface area contributed by atoms with Gasteiger partial charge in [0.05, 0.1) is 0 Å². The molecule has 1 atom stereocenters. The second-order valence-electron chi connectivity index (χ2n) is 5.27. The fourth-order valence-corrected chi connectivity index (χ4v) is 1.67. The fraction of sp³-hybridized carbons (Fsp3) is 0.615. The van der Waals surface area contributed by atoms with E-state index in [4.69, 9.17) is 5.11 Å². The molecule has 3 heteroatoms. The molecule has 0 aromatic carbocycles. The molecule has 0 saturated heterocycles. The number of pyridine rings is 1. The molecule has 1 aromatic rings. The van der Waals surface area contributed by atoms with Crippen molar-refractivity contribution in [2.75, 3.05) is 11.9 Å². The first-order valence-electron chi connectivity index (χ1n) is 5.73. The summed E-state index contributed by atoms with van der Waals surface area (Å²) in [6.45, 7) is 8.78. The van der Waals surface area contributed by atoms with Crippen LogP contribution in [0.25, 0.3) is 0 Å². The second kappa shape index (κ2) is 5.30. The van der Waals surface area contributed by atoms with Crippen LogP contribution in [-0.4, -0.2) is 22.7 Å². The molecule has 0 saturated carbocycles. The normalized spacial score (nSPS) is 13.6. The number of aromatic nitrogens is 1. The maximum atomic E-state index is 9.09. The van der Waals surface area contributed by atoms with E-state index >= 15 is 0 Å². The molecule has 90 valence electrons. The summed E-state index contributed by atoms with van der Waals surface area (Å²) in [6.07, 6.45) is 4.39. The standard InChI is InChI=1S/C13H22N2O/c1-10-9-14-7-5-11(10)15-12(6-8-16)13(2,3)4/h5,7,9,12,16H,6,8H2,1-4H3,(H,14,15). The highest BCUT2D eigenvalue weighted by Crippen LogP contribution is 2.26. The van der Waals surface area contributed by atoms with Gasteiger partial charge in [-0.3, -0.25) is 4.98 Å². The Balaban J connectivity index is 2.80. The first kappa shape index (κ1) is 13.0. The highest BCUT2D eigenvalue weighted by atomic mass is 16.3. The van der Waals surface area contributed by atoms with E-state index in [1.165, 1.54) is 0 Å². The van der Waals surface area contributed by atoms with Crippen molar-refractivity contribution < 1.29 is 5.11 Å². The van der Waals surface area contributed by atoms with Crippen LogP contribution in [0.1, 0.15) is 32.8 Å². The van der Waals surface area contributed by atoms with E-state index in [-0.39, 0.29) is 18.1 Å². The third-order valence-electron chi connectivity index (χ3n) is 2.81. The van der Waals surface area contributed by atoms with Crippen molar-refractivity contribution in [3.8, 4) is 0 Å². The van der Waals surface area contributed by atoms with Crippen LogP contribution in [0, 0.1) is 12.3 Å². The van der Waals surface area contributed by atoms with E-state index in [1.54, 1.807) is 6.20 Å². The zero-order chi connectivity index (χ0) is 12.2. The van der Waals surface area contributed by atoms with E-state index < -0.39 is 0 Å². The molecule has 2 N–H and O–H groups in total. The van der Waals surface area contributed by atoms with Crippen molar-refractivity contribution in [2.24, 2.45) is 5.41 Å². The van der Waals surface area contributed by atoms with Gasteiger partial charge in [0, 0.05) is 30.7 Å². The molecular formula is C13H22N2O. The van der Waals surface area contributed by atoms with Gasteiger partial charge in [-0.05, 0) is 30.4 Å². The van der Waals surface area contributed by atoms with Gasteiger partial charge in [-0.25, -0.2) is 0 Å². The highest BCUT2D eigenvalue weighted by molar-refractivity contribution is 5.49. The first-order chi connectivity index (χ1) is 7.45. The van der Waals surface area contributed by atoms with Crippen LogP contribution >= 0.6 is 0 Å². The summed E-state index contributed by atoms with van der Waals surface area (Å²) in [5.74, 6) is 0. The zero-order valence-electron chi connectivity index (χ0n) is 10.6. The van der Waals surface area contributed by atoms with Gasteiger partial charge in [0.1, 0.15) is 0 Å². The Morgan fingerprint density at radius 3 is 2.62 bits per heavy atom. The Morgan fingerprint density at radius 1 is 1.44 bits per heavy atom. The van der Waals surface area contributed by atoms with E-state index in [2.05, 4.69) is 31.1 Å². The molecule has 1 rings (SSSR count). The van der Waals surface area contributed by atoms with E-state index in [0.717, 1.165) is 17.7 Å². The number of hydrogen-bond acceptors (Lipinski definition) is 3. The topological polar surface area (TPSA) is 45.2 Å². The molecule has 3 nitrogen and oxygen atoms in total. The van der Waals surface area contributed by atoms with Gasteiger partial charge >= 0.3 is 0 Å². The van der Waals surface area contributed by atoms with Crippen molar-refractivity contribution in [1.82, 2.24) is 4.98 Å². The van der Waals surface area contributed by atoms with Gasteiger partial charge in [-0.2, -0.15) is 0 Å². The number of aliphatic hydroxyl groups excluding tert-OH is 1. The molecule has 1 unspecified atom stereocenters. The van der Waals surface area contributed by atoms with Crippen LogP contribution in [0.5, 0.6) is 0 Å². The smallest absolute Gasteiger partial charge is 0.0450 e. The second-order valence-corrected chi connectivity index (χ2v) is 5.27. The van der Waals surface area contributed by atoms with Gasteiger partial charge < -0.3 is 10.4 Å². The molecule has 0 radical (unpaired) electrons. The lowest BCUT2D eigenvalue weighted by molar-refractivity contribution is 0.235. The molecule has 0 bridgehead atoms. The number of hydrogen-bond donors (Lipinski definition) is 2. The minimum absolute atomic E-state index is 0.123. The maximum absolute atomic E-state index is 9.09. The minimum Gasteiger partial charge on any atom is -0.396 e. The van der Waals surface area contributed by atoms with Gasteiger partial charge in [0.25, 0.3) is 0 Å². The molecule has 16 heavy (non-hydrogen) atoms. The van der Waals surface area contributed by atoms with Gasteiger partial charge in [0.15, 0.2) is 0 Å². The average molecular weight is 222 g/mol. The number of anilines is 1. The SMILES string of the molecule is Cc1cnccc1NC(CCO)C(C)(C)C. The Labute approximate surface area is 97.9 Å². The van der Waals surface area contributed by atoms with Crippen LogP contribution in [0.15, 0.2) is 18.5 Å². The summed E-state index contributed by atoms with van der Waals surface area (Å²) in [5.41, 5.74) is 2.36. The average Bonchev–Trinajstić information content (AvgIpc) is 2.19. The Bertz CT molecular complexity index is 331. The van der Waals surface area contributed by atoms with Crippen molar-refractivity contribution >= 4 is 5.69 Å². The lowest BCUT2D eigenvalue weighted by Crippen LogP contribution is -2.35. The first-order valence-corrected chi connectivity index (χ1v) is 5.73. The fourth-order valence-electron chi connectivity index (χ4n) is 1.67. The summed E-state index contributed by atoms with van der Waals surface area (Å²) in [7, 11) is 0. The third kappa shape index (κ3) is 3.49. The Morgan fingerprint density at radius 2 is 2.12 bits per heavy atom. The molecule has 0 fully saturated rings. The number of aryl methyl sites for hydroxylation is 1. The van der Waals surface area contributed by atoms with Gasteiger partial charge in [-0.15, -0.1) is 0 Å². The highest BCUT2D eigenvalue weighted by Gasteiger charge is 2.24. The predicted octanol–water partition coefficient (Wildman–Crippen LogP) is 2.60. The number of nitrogens with zero attached hydrogens (tertiary/aromatic N) is 1. The van der Waals surface area contributed by atoms with E-state index in [1.807, 2.05) is 19.2 Å². The molecule has 0 amide bonds. The van der Waals surface area contributed by atoms with Gasteiger partial charge in [0.2, 0.25) is 0 Å². The van der Waals surface area contributed by atoms with Crippen molar-refractivity contribution in [2.45, 2.75) is 40.2 Å². The summed E-state index contributed by atoms with van der Waals surface area (Å²) in [4.78, 5) is 4.07. The molecule has 1 aromatic heterocycles. The maximum Gasteiger partial charge on any atom is 0.0450 e. The summed E-state index contributed by atoms with van der Waals surface area (Å²) in [6, 6.07) is 2.24. The van der Waals surface area contributed by atoms with Crippen LogP contribution < -0.4 is 5.32 Å². The molecule has 0 aliphatic carbocycles. The number of rotatable bonds is 4. The van der Waals surface area contributed by atoms with E-state index in [9.17, 15) is 0 Å². The summed E-state index contributed by atoms with van der Waals surface area (Å²) in [5, 5.41) is 12.6. The molecule has 0 aliphatic heterocycles. The van der Waals surface area contributed by atoms with Crippen LogP contribution in [0.4, 0.5) is 5.69 Å². The molecule has 0 spiro atoms. The lowest BCUT2D eigenvalue weighted by Gasteiger charge is -2.32. The largest absolute Gasteiger partial charge is 0.396 e. The minimum atomic E-state index is 0.123. The zero-order valence-corrected chi connectivity index (χ0v) is 10.6. The lowest BCUT2D eigenvalue weighted by atomic mass is 9.84. The Kier molecular flexibility index (Phi) is 4.30. The third-order valence-corrected chi connectivity index (χ3v) is 2.81. The predicted molar refractivity (Wildman–Crippen MR) is 67.5 cm³/mol. The van der Waals surface area contributed by atoms with Crippen molar-refractivity contribution in [1.29, 1.82) is 0 Å². The van der Waals surface area contributed by atoms with Crippen LogP contribution in [0.3, 0.4) is 0 Å². The summed E-state index contributed by atoms with van der Waals surface area (Å²) < 4.78 is 0. The number of nitrogens with one attached hydrogen (secondary N) is 1.